The summed E-state index contributed by atoms with van der Waals surface area (Å²) in [5.41, 5.74) is 4.53. The van der Waals surface area contributed by atoms with Crippen molar-refractivity contribution < 1.29 is 65.7 Å². The number of anilines is 1. The van der Waals surface area contributed by atoms with E-state index in [0.717, 1.165) is 4.57 Å². The summed E-state index contributed by atoms with van der Waals surface area (Å²) in [6.45, 7) is -1.07. The Labute approximate surface area is 185 Å². The van der Waals surface area contributed by atoms with Crippen molar-refractivity contribution in [2.45, 2.75) is 24.5 Å². The summed E-state index contributed by atoms with van der Waals surface area (Å²) < 4.78 is 60.6. The summed E-state index contributed by atoms with van der Waals surface area (Å²) in [5, 5.41) is 10.5. The first kappa shape index (κ1) is 28.2. The summed E-state index contributed by atoms with van der Waals surface area (Å²) in [5.74, 6) is -0.110. The second kappa shape index (κ2) is 11.1. The molecule has 0 radical (unpaired) electrons. The lowest BCUT2D eigenvalue weighted by Gasteiger charge is -2.37. The molecule has 1 aromatic rings. The number of rotatable bonds is 12. The molecule has 3 N–H and O–H groups in total. The molecule has 2 rings (SSSR count). The Balaban J connectivity index is 2.14. The quantitative estimate of drug-likeness (QED) is 0.189. The summed E-state index contributed by atoms with van der Waals surface area (Å²) in [6, 6.07) is 1.24. The number of nitrogen functional groups attached to an aromatic ring is 1. The van der Waals surface area contributed by atoms with Crippen LogP contribution in [0.3, 0.4) is 0 Å². The second-order valence-corrected chi connectivity index (χ2v) is 10.5. The van der Waals surface area contributed by atoms with Gasteiger partial charge in [0.1, 0.15) is 24.1 Å². The predicted octanol–water partition coefficient (Wildman–Crippen LogP) is -4.07. The van der Waals surface area contributed by atoms with Crippen LogP contribution in [0.25, 0.3) is 0 Å². The molecule has 0 aliphatic carbocycles. The van der Waals surface area contributed by atoms with Crippen LogP contribution in [0.5, 0.6) is 0 Å². The maximum Gasteiger partial charge on any atom is 0.351 e. The van der Waals surface area contributed by atoms with Crippen molar-refractivity contribution in [3.8, 4) is 0 Å². The fourth-order valence-corrected chi connectivity index (χ4v) is 5.46. The van der Waals surface area contributed by atoms with Gasteiger partial charge in [-0.3, -0.25) is 18.0 Å². The Morgan fingerprint density at radius 1 is 1.18 bits per heavy atom. The van der Waals surface area contributed by atoms with Crippen LogP contribution in [0, 0.1) is 0 Å². The maximum atomic E-state index is 12.1. The number of phosphoric acid groups is 3. The molecule has 1 saturated heterocycles. The molecule has 33 heavy (non-hydrogen) atoms. The first-order chi connectivity index (χ1) is 15.1. The molecule has 0 bridgehead atoms. The van der Waals surface area contributed by atoms with Crippen LogP contribution in [0.4, 0.5) is 5.82 Å². The van der Waals surface area contributed by atoms with Crippen molar-refractivity contribution >= 4 is 29.3 Å². The smallest absolute Gasteiger partial charge is 0.351 e. The number of hydrogen-bond donors (Lipinski definition) is 2. The number of hydrogen-bond acceptors (Lipinski definition) is 17. The van der Waals surface area contributed by atoms with Crippen molar-refractivity contribution in [2.75, 3.05) is 32.7 Å². The topological polar surface area (TPSA) is 280 Å². The molecule has 6 atom stereocenters. The zero-order chi connectivity index (χ0) is 25.0. The van der Waals surface area contributed by atoms with Crippen molar-refractivity contribution in [2.24, 2.45) is 0 Å². The Morgan fingerprint density at radius 3 is 2.42 bits per heavy atom. The number of methoxy groups -OCH3 is 1. The lowest BCUT2D eigenvalue weighted by atomic mass is 10.1. The number of nitrogens with two attached hydrogens (primary N) is 1. The highest BCUT2D eigenvalue weighted by Gasteiger charge is 2.46. The Kier molecular flexibility index (Phi) is 9.49. The van der Waals surface area contributed by atoms with E-state index in [1.165, 1.54) is 19.4 Å². The molecule has 0 amide bonds. The molecule has 18 nitrogen and oxygen atoms in total. The van der Waals surface area contributed by atoms with Crippen LogP contribution >= 0.6 is 23.5 Å². The van der Waals surface area contributed by atoms with Gasteiger partial charge in [0.05, 0.1) is 27.6 Å². The molecule has 21 heteroatoms. The van der Waals surface area contributed by atoms with E-state index in [2.05, 4.69) is 18.1 Å². The Bertz CT molecular complexity index is 1010. The SMILES string of the molecule is COCCO[C@@H]1[C@H](O)[C@@H](COP(=O)([O-])OP(=O)([O-])OP(=O)([O-])[O-])O[C@H]1n1ccc(N)nc1=O. The number of phosphoric ester groups is 1. The summed E-state index contributed by atoms with van der Waals surface area (Å²) in [6.07, 6.45) is -4.61. The summed E-state index contributed by atoms with van der Waals surface area (Å²) in [4.78, 5) is 59.3. The first-order valence-electron chi connectivity index (χ1n) is 8.64. The highest BCUT2D eigenvalue weighted by Crippen LogP contribution is 2.60. The zero-order valence-corrected chi connectivity index (χ0v) is 19.2. The lowest BCUT2D eigenvalue weighted by molar-refractivity contribution is -0.339. The van der Waals surface area contributed by atoms with Crippen LogP contribution in [0.15, 0.2) is 17.1 Å². The van der Waals surface area contributed by atoms with Crippen LogP contribution in [0.1, 0.15) is 6.23 Å². The van der Waals surface area contributed by atoms with Gasteiger partial charge in [0.25, 0.3) is 15.6 Å². The highest BCUT2D eigenvalue weighted by molar-refractivity contribution is 7.64. The molecule has 2 unspecified atom stereocenters. The molecule has 1 aliphatic rings. The zero-order valence-electron chi connectivity index (χ0n) is 16.6. The van der Waals surface area contributed by atoms with Gasteiger partial charge in [-0.2, -0.15) is 4.98 Å². The summed E-state index contributed by atoms with van der Waals surface area (Å²) >= 11 is 0. The number of nitrogens with zero attached hydrogens (tertiary/aromatic N) is 2. The molecule has 0 spiro atoms. The Hall–Kier alpha value is -1.07. The van der Waals surface area contributed by atoms with Gasteiger partial charge in [-0.05, 0) is 6.07 Å². The van der Waals surface area contributed by atoms with E-state index in [1.54, 1.807) is 0 Å². The maximum absolute atomic E-state index is 12.1. The van der Waals surface area contributed by atoms with Gasteiger partial charge in [0.2, 0.25) is 0 Å². The van der Waals surface area contributed by atoms with Gasteiger partial charge in [-0.25, -0.2) is 9.11 Å². The van der Waals surface area contributed by atoms with Gasteiger partial charge in [0.15, 0.2) is 6.23 Å². The van der Waals surface area contributed by atoms with Crippen LogP contribution < -0.4 is 31.0 Å². The van der Waals surface area contributed by atoms with E-state index in [0.29, 0.717) is 0 Å². The van der Waals surface area contributed by atoms with Gasteiger partial charge in [0, 0.05) is 13.3 Å². The normalized spacial score (nSPS) is 27.2. The number of ether oxygens (including phenoxy) is 3. The lowest BCUT2D eigenvalue weighted by Crippen LogP contribution is -2.39. The monoisotopic (exact) mass is 537 g/mol. The van der Waals surface area contributed by atoms with Gasteiger partial charge >= 0.3 is 5.69 Å². The molecule has 0 saturated carbocycles. The number of aliphatic hydroxyl groups is 1. The van der Waals surface area contributed by atoms with Crippen molar-refractivity contribution in [1.29, 1.82) is 0 Å². The van der Waals surface area contributed by atoms with Crippen molar-refractivity contribution in [3.05, 3.63) is 22.7 Å². The summed E-state index contributed by atoms with van der Waals surface area (Å²) in [7, 11) is -16.8. The molecule has 0 aromatic carbocycles. The third kappa shape index (κ3) is 8.58. The first-order valence-corrected chi connectivity index (χ1v) is 13.0. The predicted molar refractivity (Wildman–Crippen MR) is 95.4 cm³/mol. The minimum Gasteiger partial charge on any atom is -0.790 e. The fraction of sp³-hybridized carbons (Fsp3) is 0.667. The fourth-order valence-electron chi connectivity index (χ4n) is 2.60. The third-order valence-corrected chi connectivity index (χ3v) is 7.50. The van der Waals surface area contributed by atoms with Crippen LogP contribution in [0.2, 0.25) is 0 Å². The van der Waals surface area contributed by atoms with Gasteiger partial charge < -0.3 is 53.7 Å². The van der Waals surface area contributed by atoms with Crippen LogP contribution in [-0.2, 0) is 41.1 Å². The van der Waals surface area contributed by atoms with Crippen LogP contribution in [-0.4, -0.2) is 59.9 Å². The standard InChI is InChI=1S/C12H22N3O15P3/c1-25-4-5-26-10-9(16)7(28-11(10)15-3-2-8(13)14-12(15)17)6-27-32(21,22)30-33(23,24)29-31(18,19)20/h2-3,7,9-11,16H,4-6H2,1H3,(H,21,22)(H,23,24)(H2,13,14,17)(H2,18,19,20)/p-4/t7-,9-,10-,11-/m1/s1. The van der Waals surface area contributed by atoms with Gasteiger partial charge in [-0.1, -0.05) is 0 Å². The average molecular weight is 537 g/mol. The third-order valence-electron chi connectivity index (χ3n) is 3.83. The van der Waals surface area contributed by atoms with E-state index < -0.39 is 60.3 Å². The molecule has 190 valence electrons. The minimum atomic E-state index is -6.16. The van der Waals surface area contributed by atoms with Gasteiger partial charge in [-0.15, -0.1) is 0 Å². The molecule has 1 fully saturated rings. The van der Waals surface area contributed by atoms with Crippen molar-refractivity contribution in [3.63, 3.8) is 0 Å². The molecule has 1 aliphatic heterocycles. The molecule has 1 aromatic heterocycles. The minimum absolute atomic E-state index is 0.0763. The average Bonchev–Trinajstić information content (AvgIpc) is 2.93. The second-order valence-electron chi connectivity index (χ2n) is 6.23. The highest BCUT2D eigenvalue weighted by atomic mass is 31.3. The molecular weight excluding hydrogens is 519 g/mol. The van der Waals surface area contributed by atoms with Crippen molar-refractivity contribution in [1.82, 2.24) is 9.55 Å². The largest absolute Gasteiger partial charge is 0.790 e. The van der Waals surface area contributed by atoms with E-state index in [9.17, 15) is 43.2 Å². The molecular formula is C12H18N3O15P3-4. The van der Waals surface area contributed by atoms with E-state index in [1.807, 2.05) is 0 Å². The Morgan fingerprint density at radius 2 is 1.85 bits per heavy atom. The number of aromatic nitrogens is 2. The molecule has 2 heterocycles. The number of aliphatic hydroxyl groups excluding tert-OH is 1. The van der Waals surface area contributed by atoms with E-state index >= 15 is 0 Å². The van der Waals surface area contributed by atoms with E-state index in [-0.39, 0.29) is 19.0 Å². The van der Waals surface area contributed by atoms with E-state index in [4.69, 9.17) is 19.9 Å².